The Balaban J connectivity index is 1.91. The Hall–Kier alpha value is -1.60. The van der Waals surface area contributed by atoms with E-state index < -0.39 is 10.0 Å². The third-order valence-corrected chi connectivity index (χ3v) is 6.16. The van der Waals surface area contributed by atoms with Gasteiger partial charge in [-0.3, -0.25) is 4.79 Å². The van der Waals surface area contributed by atoms with E-state index in [4.69, 9.17) is 4.74 Å². The summed E-state index contributed by atoms with van der Waals surface area (Å²) in [4.78, 5) is 11.9. The quantitative estimate of drug-likeness (QED) is 0.716. The molecule has 0 saturated carbocycles. The highest BCUT2D eigenvalue weighted by atomic mass is 32.2. The van der Waals surface area contributed by atoms with Crippen molar-refractivity contribution >= 4 is 15.9 Å². The van der Waals surface area contributed by atoms with Crippen LogP contribution in [0.3, 0.4) is 0 Å². The van der Waals surface area contributed by atoms with Crippen molar-refractivity contribution in [3.05, 3.63) is 24.3 Å². The smallest absolute Gasteiger partial charge is 0.257 e. The lowest BCUT2D eigenvalue weighted by atomic mass is 10.2. The van der Waals surface area contributed by atoms with Crippen LogP contribution in [-0.4, -0.2) is 44.9 Å². The average molecular weight is 368 g/mol. The number of amides is 1. The van der Waals surface area contributed by atoms with E-state index >= 15 is 0 Å². The highest BCUT2D eigenvalue weighted by Gasteiger charge is 2.24. The van der Waals surface area contributed by atoms with E-state index in [0.29, 0.717) is 25.4 Å². The Morgan fingerprint density at radius 2 is 1.76 bits per heavy atom. The topological polar surface area (TPSA) is 75.7 Å². The van der Waals surface area contributed by atoms with Gasteiger partial charge in [0, 0.05) is 19.6 Å². The molecule has 1 fully saturated rings. The molecule has 1 saturated heterocycles. The SMILES string of the molecule is CCCCNC(=O)COc1ccc(S(=O)(=O)N2CCCCCC2)cc1. The summed E-state index contributed by atoms with van der Waals surface area (Å²) in [7, 11) is -3.45. The molecule has 7 heteroatoms. The summed E-state index contributed by atoms with van der Waals surface area (Å²) in [5.41, 5.74) is 0. The van der Waals surface area contributed by atoms with Crippen molar-refractivity contribution in [1.82, 2.24) is 9.62 Å². The number of hydrogen-bond donors (Lipinski definition) is 1. The first-order valence-corrected chi connectivity index (χ1v) is 10.5. The predicted molar refractivity (Wildman–Crippen MR) is 97.1 cm³/mol. The van der Waals surface area contributed by atoms with Crippen LogP contribution in [0.5, 0.6) is 5.75 Å². The van der Waals surface area contributed by atoms with Gasteiger partial charge in [0.05, 0.1) is 4.90 Å². The maximum absolute atomic E-state index is 12.7. The van der Waals surface area contributed by atoms with Crippen LogP contribution in [-0.2, 0) is 14.8 Å². The summed E-state index contributed by atoms with van der Waals surface area (Å²) in [6.07, 6.45) is 5.95. The first kappa shape index (κ1) is 19.7. The van der Waals surface area contributed by atoms with Crippen molar-refractivity contribution in [2.24, 2.45) is 0 Å². The molecule has 1 aromatic rings. The third-order valence-electron chi connectivity index (χ3n) is 4.25. The van der Waals surface area contributed by atoms with Crippen molar-refractivity contribution < 1.29 is 17.9 Å². The van der Waals surface area contributed by atoms with E-state index in [2.05, 4.69) is 12.2 Å². The summed E-state index contributed by atoms with van der Waals surface area (Å²) in [5, 5.41) is 2.77. The van der Waals surface area contributed by atoms with E-state index in [1.165, 1.54) is 0 Å². The molecule has 1 aliphatic rings. The van der Waals surface area contributed by atoms with Gasteiger partial charge in [-0.1, -0.05) is 26.2 Å². The number of hydrogen-bond acceptors (Lipinski definition) is 4. The molecule has 1 heterocycles. The molecular formula is C18H28N2O4S. The summed E-state index contributed by atoms with van der Waals surface area (Å²) in [6, 6.07) is 6.29. The van der Waals surface area contributed by atoms with Crippen LogP contribution < -0.4 is 10.1 Å². The predicted octanol–water partition coefficient (Wildman–Crippen LogP) is 2.55. The summed E-state index contributed by atoms with van der Waals surface area (Å²) in [5.74, 6) is 0.315. The van der Waals surface area contributed by atoms with Gasteiger partial charge in [-0.25, -0.2) is 8.42 Å². The first-order chi connectivity index (χ1) is 12.0. The van der Waals surface area contributed by atoms with Gasteiger partial charge in [-0.2, -0.15) is 4.31 Å². The van der Waals surface area contributed by atoms with Gasteiger partial charge in [0.25, 0.3) is 5.91 Å². The molecule has 140 valence electrons. The van der Waals surface area contributed by atoms with Crippen LogP contribution in [0.1, 0.15) is 45.4 Å². The Kier molecular flexibility index (Phi) is 7.71. The molecule has 0 bridgehead atoms. The number of carbonyl (C=O) groups excluding carboxylic acids is 1. The Morgan fingerprint density at radius 3 is 2.36 bits per heavy atom. The first-order valence-electron chi connectivity index (χ1n) is 9.03. The highest BCUT2D eigenvalue weighted by molar-refractivity contribution is 7.89. The van der Waals surface area contributed by atoms with Crippen LogP contribution in [0, 0.1) is 0 Å². The van der Waals surface area contributed by atoms with Crippen LogP contribution in [0.25, 0.3) is 0 Å². The van der Waals surface area contributed by atoms with E-state index in [-0.39, 0.29) is 17.4 Å². The average Bonchev–Trinajstić information content (AvgIpc) is 2.90. The second kappa shape index (κ2) is 9.77. The summed E-state index contributed by atoms with van der Waals surface area (Å²) in [6.45, 7) is 3.80. The van der Waals surface area contributed by atoms with Crippen molar-refractivity contribution in [2.75, 3.05) is 26.2 Å². The van der Waals surface area contributed by atoms with Crippen LogP contribution in [0.4, 0.5) is 0 Å². The number of nitrogens with zero attached hydrogens (tertiary/aromatic N) is 1. The molecule has 1 aliphatic heterocycles. The van der Waals surface area contributed by atoms with E-state index in [0.717, 1.165) is 38.5 Å². The van der Waals surface area contributed by atoms with Crippen molar-refractivity contribution in [2.45, 2.75) is 50.3 Å². The zero-order valence-electron chi connectivity index (χ0n) is 14.9. The number of nitrogens with one attached hydrogen (secondary N) is 1. The van der Waals surface area contributed by atoms with Crippen LogP contribution in [0.15, 0.2) is 29.2 Å². The largest absolute Gasteiger partial charge is 0.484 e. The molecule has 0 unspecified atom stereocenters. The molecule has 1 N–H and O–H groups in total. The fourth-order valence-corrected chi connectivity index (χ4v) is 4.26. The maximum Gasteiger partial charge on any atom is 0.257 e. The van der Waals surface area contributed by atoms with Crippen molar-refractivity contribution in [3.8, 4) is 5.75 Å². The van der Waals surface area contributed by atoms with E-state index in [9.17, 15) is 13.2 Å². The minimum absolute atomic E-state index is 0.0675. The molecular weight excluding hydrogens is 340 g/mol. The normalized spacial score (nSPS) is 16.2. The molecule has 0 aliphatic carbocycles. The molecule has 0 aromatic heterocycles. The molecule has 0 radical (unpaired) electrons. The fraction of sp³-hybridized carbons (Fsp3) is 0.611. The Labute approximate surface area is 150 Å². The standard InChI is InChI=1S/C18H28N2O4S/c1-2-3-12-19-18(21)15-24-16-8-10-17(11-9-16)25(22,23)20-13-6-4-5-7-14-20/h8-11H,2-7,12-15H2,1H3,(H,19,21). The number of rotatable bonds is 8. The molecule has 1 amide bonds. The molecule has 2 rings (SSSR count). The van der Waals surface area contributed by atoms with Crippen LogP contribution >= 0.6 is 0 Å². The molecule has 6 nitrogen and oxygen atoms in total. The lowest BCUT2D eigenvalue weighted by Crippen LogP contribution is -2.32. The van der Waals surface area contributed by atoms with Gasteiger partial charge < -0.3 is 10.1 Å². The fourth-order valence-electron chi connectivity index (χ4n) is 2.74. The minimum atomic E-state index is -3.45. The molecule has 0 atom stereocenters. The second-order valence-electron chi connectivity index (χ2n) is 6.28. The number of sulfonamides is 1. The lowest BCUT2D eigenvalue weighted by Gasteiger charge is -2.20. The zero-order valence-corrected chi connectivity index (χ0v) is 15.7. The van der Waals surface area contributed by atoms with Gasteiger partial charge in [-0.05, 0) is 43.5 Å². The van der Waals surface area contributed by atoms with E-state index in [1.54, 1.807) is 28.6 Å². The van der Waals surface area contributed by atoms with Gasteiger partial charge >= 0.3 is 0 Å². The molecule has 1 aromatic carbocycles. The van der Waals surface area contributed by atoms with E-state index in [1.807, 2.05) is 0 Å². The monoisotopic (exact) mass is 368 g/mol. The summed E-state index contributed by atoms with van der Waals surface area (Å²) >= 11 is 0. The summed E-state index contributed by atoms with van der Waals surface area (Å²) < 4.78 is 32.3. The lowest BCUT2D eigenvalue weighted by molar-refractivity contribution is -0.123. The van der Waals surface area contributed by atoms with Gasteiger partial charge in [0.1, 0.15) is 5.75 Å². The number of unbranched alkanes of at least 4 members (excludes halogenated alkanes) is 1. The zero-order chi connectivity index (χ0) is 18.1. The molecule has 0 spiro atoms. The Morgan fingerprint density at radius 1 is 1.12 bits per heavy atom. The van der Waals surface area contributed by atoms with Gasteiger partial charge in [0.2, 0.25) is 10.0 Å². The third kappa shape index (κ3) is 6.01. The van der Waals surface area contributed by atoms with Gasteiger partial charge in [0.15, 0.2) is 6.61 Å². The van der Waals surface area contributed by atoms with Crippen molar-refractivity contribution in [3.63, 3.8) is 0 Å². The number of benzene rings is 1. The Bertz CT molecular complexity index is 636. The second-order valence-corrected chi connectivity index (χ2v) is 8.22. The number of carbonyl (C=O) groups is 1. The highest BCUT2D eigenvalue weighted by Crippen LogP contribution is 2.22. The molecule has 25 heavy (non-hydrogen) atoms. The number of ether oxygens (including phenoxy) is 1. The van der Waals surface area contributed by atoms with Crippen LogP contribution in [0.2, 0.25) is 0 Å². The van der Waals surface area contributed by atoms with Crippen molar-refractivity contribution in [1.29, 1.82) is 0 Å². The minimum Gasteiger partial charge on any atom is -0.484 e. The maximum atomic E-state index is 12.7. The van der Waals surface area contributed by atoms with Gasteiger partial charge in [-0.15, -0.1) is 0 Å².